The molecule has 21 heavy (non-hydrogen) atoms. The molecule has 1 aromatic heterocycles. The predicted molar refractivity (Wildman–Crippen MR) is 88.5 cm³/mol. The van der Waals surface area contributed by atoms with Crippen LogP contribution in [0, 0.1) is 6.92 Å². The van der Waals surface area contributed by atoms with E-state index in [0.29, 0.717) is 23.5 Å². The zero-order valence-electron chi connectivity index (χ0n) is 11.8. The molecule has 0 unspecified atom stereocenters. The average molecular weight is 299 g/mol. The van der Waals surface area contributed by atoms with Crippen LogP contribution in [-0.2, 0) is 0 Å². The first-order valence-electron chi connectivity index (χ1n) is 6.66. The van der Waals surface area contributed by atoms with Crippen LogP contribution in [-0.4, -0.2) is 22.4 Å². The summed E-state index contributed by atoms with van der Waals surface area (Å²) in [5, 5.41) is 0. The lowest BCUT2D eigenvalue weighted by molar-refractivity contribution is 0.0987. The van der Waals surface area contributed by atoms with Crippen molar-refractivity contribution in [3.8, 4) is 0 Å². The van der Waals surface area contributed by atoms with Crippen LogP contribution in [0.1, 0.15) is 22.5 Å². The number of rotatable bonds is 5. The van der Waals surface area contributed by atoms with Crippen LogP contribution in [0.2, 0.25) is 0 Å². The van der Waals surface area contributed by atoms with Gasteiger partial charge in [0.1, 0.15) is 0 Å². The number of pyridine rings is 1. The van der Waals surface area contributed by atoms with Crippen LogP contribution in [0.25, 0.3) is 0 Å². The van der Waals surface area contributed by atoms with Crippen molar-refractivity contribution in [3.05, 3.63) is 59.9 Å². The van der Waals surface area contributed by atoms with Gasteiger partial charge < -0.3 is 10.6 Å². The molecular formula is C16H17N3OS. The molecule has 0 radical (unpaired) electrons. The number of hydrogen-bond donors (Lipinski definition) is 1. The van der Waals surface area contributed by atoms with E-state index in [4.69, 9.17) is 18.0 Å². The van der Waals surface area contributed by atoms with Gasteiger partial charge in [-0.2, -0.15) is 0 Å². The van der Waals surface area contributed by atoms with Crippen LogP contribution < -0.4 is 10.6 Å². The predicted octanol–water partition coefficient (Wildman–Crippen LogP) is 2.71. The quantitative estimate of drug-likeness (QED) is 0.862. The molecule has 4 nitrogen and oxygen atoms in total. The van der Waals surface area contributed by atoms with Crippen molar-refractivity contribution in [2.75, 3.05) is 11.4 Å². The van der Waals surface area contributed by atoms with Gasteiger partial charge in [0.2, 0.25) is 0 Å². The molecule has 0 aliphatic carbocycles. The van der Waals surface area contributed by atoms with Crippen molar-refractivity contribution < 1.29 is 4.79 Å². The number of carbonyl (C=O) groups is 1. The molecule has 0 spiro atoms. The number of thiocarbonyl (C=S) groups is 1. The van der Waals surface area contributed by atoms with Crippen LogP contribution >= 0.6 is 12.2 Å². The lowest BCUT2D eigenvalue weighted by Gasteiger charge is -2.23. The minimum absolute atomic E-state index is 0.0806. The second kappa shape index (κ2) is 6.95. The summed E-state index contributed by atoms with van der Waals surface area (Å²) in [6.45, 7) is 2.32. The van der Waals surface area contributed by atoms with E-state index in [0.717, 1.165) is 11.4 Å². The molecule has 108 valence electrons. The second-order valence-corrected chi connectivity index (χ2v) is 5.22. The summed E-state index contributed by atoms with van der Waals surface area (Å²) in [5.41, 5.74) is 7.81. The zero-order chi connectivity index (χ0) is 15.2. The molecule has 0 saturated carbocycles. The second-order valence-electron chi connectivity index (χ2n) is 4.69. The molecule has 5 heteroatoms. The molecule has 1 aromatic carbocycles. The molecule has 0 aliphatic rings. The largest absolute Gasteiger partial charge is 0.393 e. The lowest BCUT2D eigenvalue weighted by atomic mass is 10.1. The lowest BCUT2D eigenvalue weighted by Crippen LogP contribution is -2.33. The van der Waals surface area contributed by atoms with Crippen molar-refractivity contribution in [2.24, 2.45) is 5.73 Å². The van der Waals surface area contributed by atoms with Crippen molar-refractivity contribution in [1.82, 2.24) is 4.98 Å². The van der Waals surface area contributed by atoms with Crippen molar-refractivity contribution in [2.45, 2.75) is 13.3 Å². The van der Waals surface area contributed by atoms with Crippen molar-refractivity contribution in [1.29, 1.82) is 0 Å². The van der Waals surface area contributed by atoms with Gasteiger partial charge >= 0.3 is 0 Å². The average Bonchev–Trinajstić information content (AvgIpc) is 2.48. The van der Waals surface area contributed by atoms with Crippen molar-refractivity contribution >= 4 is 28.8 Å². The first-order chi connectivity index (χ1) is 10.1. The minimum atomic E-state index is -0.0806. The standard InChI is InChI=1S/C16H17N3OS/c1-12-11-13(7-9-18-12)16(20)19(10-8-15(17)21)14-5-3-2-4-6-14/h2-7,9,11H,8,10H2,1H3,(H2,17,21). The van der Waals surface area contributed by atoms with E-state index in [1.165, 1.54) is 0 Å². The number of aromatic nitrogens is 1. The summed E-state index contributed by atoms with van der Waals surface area (Å²) in [4.78, 5) is 18.9. The Labute approximate surface area is 129 Å². The van der Waals surface area contributed by atoms with Gasteiger partial charge in [-0.15, -0.1) is 0 Å². The van der Waals surface area contributed by atoms with Gasteiger partial charge in [-0.3, -0.25) is 9.78 Å². The number of nitrogens with zero attached hydrogens (tertiary/aromatic N) is 2. The highest BCUT2D eigenvalue weighted by Crippen LogP contribution is 2.17. The number of nitrogens with two attached hydrogens (primary N) is 1. The maximum absolute atomic E-state index is 12.7. The third-order valence-corrected chi connectivity index (χ3v) is 3.24. The molecule has 1 amide bonds. The maximum atomic E-state index is 12.7. The fourth-order valence-corrected chi connectivity index (χ4v) is 2.10. The van der Waals surface area contributed by atoms with E-state index in [1.807, 2.05) is 37.3 Å². The summed E-state index contributed by atoms with van der Waals surface area (Å²) >= 11 is 4.92. The Hall–Kier alpha value is -2.27. The molecule has 0 aliphatic heterocycles. The topological polar surface area (TPSA) is 59.2 Å². The fourth-order valence-electron chi connectivity index (χ4n) is 2.01. The highest BCUT2D eigenvalue weighted by molar-refractivity contribution is 7.80. The summed E-state index contributed by atoms with van der Waals surface area (Å²) in [5.74, 6) is -0.0806. The van der Waals surface area contributed by atoms with E-state index >= 15 is 0 Å². The third-order valence-electron chi connectivity index (χ3n) is 3.04. The monoisotopic (exact) mass is 299 g/mol. The third kappa shape index (κ3) is 4.10. The number of benzene rings is 1. The minimum Gasteiger partial charge on any atom is -0.393 e. The van der Waals surface area contributed by atoms with E-state index < -0.39 is 0 Å². The van der Waals surface area contributed by atoms with Gasteiger partial charge in [-0.05, 0) is 31.2 Å². The number of amides is 1. The van der Waals surface area contributed by atoms with E-state index in [2.05, 4.69) is 4.98 Å². The highest BCUT2D eigenvalue weighted by atomic mass is 32.1. The number of carbonyl (C=O) groups excluding carboxylic acids is 1. The Balaban J connectivity index is 2.30. The molecular weight excluding hydrogens is 282 g/mol. The molecule has 2 rings (SSSR count). The van der Waals surface area contributed by atoms with E-state index in [9.17, 15) is 4.79 Å². The van der Waals surface area contributed by atoms with Crippen LogP contribution in [0.15, 0.2) is 48.7 Å². The van der Waals surface area contributed by atoms with Gasteiger partial charge in [0.05, 0.1) is 4.99 Å². The smallest absolute Gasteiger partial charge is 0.258 e. The van der Waals surface area contributed by atoms with Gasteiger partial charge in [0.25, 0.3) is 5.91 Å². The summed E-state index contributed by atoms with van der Waals surface area (Å²) in [6.07, 6.45) is 2.12. The van der Waals surface area contributed by atoms with Gasteiger partial charge in [-0.1, -0.05) is 30.4 Å². The molecule has 1 heterocycles. The number of anilines is 1. The van der Waals surface area contributed by atoms with Gasteiger partial charge in [-0.25, -0.2) is 0 Å². The van der Waals surface area contributed by atoms with Crippen LogP contribution in [0.5, 0.6) is 0 Å². The Bertz CT molecular complexity index is 643. The number of hydrogen-bond acceptors (Lipinski definition) is 3. The summed E-state index contributed by atoms with van der Waals surface area (Å²) in [7, 11) is 0. The maximum Gasteiger partial charge on any atom is 0.258 e. The number of aryl methyl sites for hydroxylation is 1. The Morgan fingerprint density at radius 1 is 1.29 bits per heavy atom. The molecule has 2 aromatic rings. The zero-order valence-corrected chi connectivity index (χ0v) is 12.6. The molecule has 2 N–H and O–H groups in total. The van der Waals surface area contributed by atoms with E-state index in [-0.39, 0.29) is 5.91 Å². The van der Waals surface area contributed by atoms with Crippen LogP contribution in [0.3, 0.4) is 0 Å². The fraction of sp³-hybridized carbons (Fsp3) is 0.188. The van der Waals surface area contributed by atoms with Gasteiger partial charge in [0.15, 0.2) is 0 Å². The van der Waals surface area contributed by atoms with E-state index in [1.54, 1.807) is 23.2 Å². The molecule has 0 fully saturated rings. The summed E-state index contributed by atoms with van der Waals surface area (Å²) in [6, 6.07) is 13.0. The van der Waals surface area contributed by atoms with Gasteiger partial charge in [0, 0.05) is 36.1 Å². The first kappa shape index (κ1) is 15.1. The normalized spacial score (nSPS) is 10.1. The molecule has 0 atom stereocenters. The molecule has 0 bridgehead atoms. The highest BCUT2D eigenvalue weighted by Gasteiger charge is 2.17. The van der Waals surface area contributed by atoms with Crippen LogP contribution in [0.4, 0.5) is 5.69 Å². The Kier molecular flexibility index (Phi) is 5.00. The summed E-state index contributed by atoms with van der Waals surface area (Å²) < 4.78 is 0. The number of para-hydroxylation sites is 1. The van der Waals surface area contributed by atoms with Crippen molar-refractivity contribution in [3.63, 3.8) is 0 Å². The SMILES string of the molecule is Cc1cc(C(=O)N(CCC(N)=S)c2ccccc2)ccn1. The Morgan fingerprint density at radius 3 is 2.62 bits per heavy atom. The first-order valence-corrected chi connectivity index (χ1v) is 7.06. The molecule has 0 saturated heterocycles. The Morgan fingerprint density at radius 2 is 2.00 bits per heavy atom.